The largest absolute Gasteiger partial charge is 0.383 e. The molecule has 0 bridgehead atoms. The van der Waals surface area contributed by atoms with E-state index in [1.165, 1.54) is 0 Å². The first kappa shape index (κ1) is 12.1. The Morgan fingerprint density at radius 2 is 2.27 bits per heavy atom. The number of aliphatic hydroxyl groups excluding tert-OH is 1. The predicted octanol–water partition coefficient (Wildman–Crippen LogP) is -0.444. The van der Waals surface area contributed by atoms with Gasteiger partial charge in [-0.05, 0) is 27.1 Å². The summed E-state index contributed by atoms with van der Waals surface area (Å²) >= 11 is 0. The fraction of sp³-hybridized carbons (Fsp3) is 0.778. The number of aromatic nitrogens is 2. The van der Waals surface area contributed by atoms with Gasteiger partial charge in [0.15, 0.2) is 5.82 Å². The first-order valence-corrected chi connectivity index (χ1v) is 4.99. The fourth-order valence-electron chi connectivity index (χ4n) is 1.11. The molecule has 1 atom stereocenters. The summed E-state index contributed by atoms with van der Waals surface area (Å²) in [5.74, 6) is 0.879. The van der Waals surface area contributed by atoms with Gasteiger partial charge in [0.1, 0.15) is 6.10 Å². The lowest BCUT2D eigenvalue weighted by Crippen LogP contribution is -2.15. The highest BCUT2D eigenvalue weighted by Crippen LogP contribution is 2.13. The number of rotatable bonds is 6. The molecule has 1 rings (SSSR count). The van der Waals surface area contributed by atoms with Crippen LogP contribution in [0, 0.1) is 0 Å². The summed E-state index contributed by atoms with van der Waals surface area (Å²) in [5.41, 5.74) is 5.32. The van der Waals surface area contributed by atoms with E-state index in [0.717, 1.165) is 6.54 Å². The van der Waals surface area contributed by atoms with E-state index < -0.39 is 6.10 Å². The zero-order chi connectivity index (χ0) is 11.3. The van der Waals surface area contributed by atoms with Crippen LogP contribution in [0.5, 0.6) is 0 Å². The number of nitrogens with zero attached hydrogens (tertiary/aromatic N) is 3. The molecule has 3 N–H and O–H groups in total. The van der Waals surface area contributed by atoms with Crippen LogP contribution in [0.15, 0.2) is 4.52 Å². The van der Waals surface area contributed by atoms with Crippen LogP contribution in [0.1, 0.15) is 24.2 Å². The summed E-state index contributed by atoms with van der Waals surface area (Å²) in [6.45, 7) is 1.25. The van der Waals surface area contributed by atoms with Gasteiger partial charge < -0.3 is 20.3 Å². The van der Waals surface area contributed by atoms with Crippen molar-refractivity contribution in [2.45, 2.75) is 18.9 Å². The Hall–Kier alpha value is -0.980. The third-order valence-corrected chi connectivity index (χ3v) is 1.99. The highest BCUT2D eigenvalue weighted by molar-refractivity contribution is 4.90. The minimum absolute atomic E-state index is 0.259. The van der Waals surface area contributed by atoms with E-state index in [2.05, 4.69) is 10.1 Å². The lowest BCUT2D eigenvalue weighted by molar-refractivity contribution is 0.127. The SMILES string of the molecule is CN(C)CCc1noc(C(O)CCN)n1. The van der Waals surface area contributed by atoms with E-state index in [0.29, 0.717) is 25.2 Å². The summed E-state index contributed by atoms with van der Waals surface area (Å²) < 4.78 is 4.93. The quantitative estimate of drug-likeness (QED) is 0.667. The van der Waals surface area contributed by atoms with Crippen LogP contribution in [-0.4, -0.2) is 47.3 Å². The molecular weight excluding hydrogens is 196 g/mol. The first-order chi connectivity index (χ1) is 7.13. The zero-order valence-corrected chi connectivity index (χ0v) is 9.18. The molecule has 1 heterocycles. The van der Waals surface area contributed by atoms with Crippen molar-refractivity contribution in [2.75, 3.05) is 27.2 Å². The van der Waals surface area contributed by atoms with Gasteiger partial charge >= 0.3 is 0 Å². The van der Waals surface area contributed by atoms with Crippen LogP contribution in [-0.2, 0) is 6.42 Å². The molecule has 0 saturated carbocycles. The van der Waals surface area contributed by atoms with Gasteiger partial charge in [0.25, 0.3) is 5.89 Å². The number of hydrogen-bond acceptors (Lipinski definition) is 6. The molecule has 0 saturated heterocycles. The lowest BCUT2D eigenvalue weighted by Gasteiger charge is -2.05. The Kier molecular flexibility index (Phi) is 4.67. The molecule has 0 aliphatic rings. The molecule has 15 heavy (non-hydrogen) atoms. The third-order valence-electron chi connectivity index (χ3n) is 1.99. The van der Waals surface area contributed by atoms with Crippen molar-refractivity contribution in [3.8, 4) is 0 Å². The van der Waals surface area contributed by atoms with Crippen molar-refractivity contribution in [1.29, 1.82) is 0 Å². The second kappa shape index (κ2) is 5.79. The predicted molar refractivity (Wildman–Crippen MR) is 55.2 cm³/mol. The number of likely N-dealkylation sites (N-methyl/N-ethyl adjacent to an activating group) is 1. The maximum absolute atomic E-state index is 9.52. The standard InChI is InChI=1S/C9H18N4O2/c1-13(2)6-4-8-11-9(15-12-8)7(14)3-5-10/h7,14H,3-6,10H2,1-2H3. The third kappa shape index (κ3) is 3.94. The molecule has 6 heteroatoms. The van der Waals surface area contributed by atoms with E-state index >= 15 is 0 Å². The minimum atomic E-state index is -0.740. The monoisotopic (exact) mass is 214 g/mol. The van der Waals surface area contributed by atoms with Gasteiger partial charge in [-0.2, -0.15) is 4.98 Å². The minimum Gasteiger partial charge on any atom is -0.383 e. The van der Waals surface area contributed by atoms with E-state index in [1.807, 2.05) is 19.0 Å². The molecule has 0 amide bonds. The average molecular weight is 214 g/mol. The highest BCUT2D eigenvalue weighted by Gasteiger charge is 2.14. The van der Waals surface area contributed by atoms with Crippen molar-refractivity contribution < 1.29 is 9.63 Å². The van der Waals surface area contributed by atoms with Crippen LogP contribution >= 0.6 is 0 Å². The van der Waals surface area contributed by atoms with Gasteiger partial charge in [-0.15, -0.1) is 0 Å². The molecule has 0 fully saturated rings. The van der Waals surface area contributed by atoms with E-state index in [1.54, 1.807) is 0 Å². The van der Waals surface area contributed by atoms with E-state index in [-0.39, 0.29) is 5.89 Å². The van der Waals surface area contributed by atoms with Crippen LogP contribution in [0.3, 0.4) is 0 Å². The molecule has 1 unspecified atom stereocenters. The molecule has 1 aromatic heterocycles. The molecule has 6 nitrogen and oxygen atoms in total. The second-order valence-electron chi connectivity index (χ2n) is 3.70. The number of hydrogen-bond donors (Lipinski definition) is 2. The summed E-state index contributed by atoms with van der Waals surface area (Å²) in [5, 5.41) is 13.3. The highest BCUT2D eigenvalue weighted by atomic mass is 16.5. The van der Waals surface area contributed by atoms with E-state index in [9.17, 15) is 5.11 Å². The van der Waals surface area contributed by atoms with Gasteiger partial charge in [-0.3, -0.25) is 0 Å². The smallest absolute Gasteiger partial charge is 0.255 e. The second-order valence-corrected chi connectivity index (χ2v) is 3.70. The molecule has 1 aromatic rings. The van der Waals surface area contributed by atoms with Crippen molar-refractivity contribution in [3.05, 3.63) is 11.7 Å². The Balaban J connectivity index is 2.48. The molecule has 0 aliphatic carbocycles. The van der Waals surface area contributed by atoms with Gasteiger partial charge in [0.05, 0.1) is 0 Å². The molecule has 0 spiro atoms. The number of aliphatic hydroxyl groups is 1. The number of nitrogens with two attached hydrogens (primary N) is 1. The van der Waals surface area contributed by atoms with Gasteiger partial charge in [0.2, 0.25) is 0 Å². The Morgan fingerprint density at radius 1 is 1.53 bits per heavy atom. The normalized spacial score (nSPS) is 13.4. The van der Waals surface area contributed by atoms with Crippen molar-refractivity contribution in [2.24, 2.45) is 5.73 Å². The summed E-state index contributed by atoms with van der Waals surface area (Å²) in [4.78, 5) is 6.12. The Morgan fingerprint density at radius 3 is 2.87 bits per heavy atom. The lowest BCUT2D eigenvalue weighted by atomic mass is 10.2. The zero-order valence-electron chi connectivity index (χ0n) is 9.18. The summed E-state index contributed by atoms with van der Waals surface area (Å²) in [6, 6.07) is 0. The van der Waals surface area contributed by atoms with Crippen LogP contribution in [0.4, 0.5) is 0 Å². The maximum Gasteiger partial charge on any atom is 0.255 e. The van der Waals surface area contributed by atoms with E-state index in [4.69, 9.17) is 10.3 Å². The van der Waals surface area contributed by atoms with Gasteiger partial charge in [-0.1, -0.05) is 5.16 Å². The van der Waals surface area contributed by atoms with Crippen molar-refractivity contribution in [1.82, 2.24) is 15.0 Å². The van der Waals surface area contributed by atoms with Crippen LogP contribution in [0.2, 0.25) is 0 Å². The molecule has 0 aromatic carbocycles. The molecule has 0 radical (unpaired) electrons. The Bertz CT molecular complexity index is 287. The van der Waals surface area contributed by atoms with Crippen molar-refractivity contribution in [3.63, 3.8) is 0 Å². The van der Waals surface area contributed by atoms with Gasteiger partial charge in [0, 0.05) is 13.0 Å². The average Bonchev–Trinajstić information content (AvgIpc) is 2.63. The topological polar surface area (TPSA) is 88.4 Å². The van der Waals surface area contributed by atoms with Crippen LogP contribution < -0.4 is 5.73 Å². The summed E-state index contributed by atoms with van der Waals surface area (Å²) in [7, 11) is 3.95. The van der Waals surface area contributed by atoms with Gasteiger partial charge in [-0.25, -0.2) is 0 Å². The molecule has 86 valence electrons. The summed E-state index contributed by atoms with van der Waals surface area (Å²) in [6.07, 6.45) is 0.414. The molecular formula is C9H18N4O2. The van der Waals surface area contributed by atoms with Crippen LogP contribution in [0.25, 0.3) is 0 Å². The maximum atomic E-state index is 9.52. The first-order valence-electron chi connectivity index (χ1n) is 4.99. The molecule has 0 aliphatic heterocycles. The Labute approximate surface area is 89.1 Å². The fourth-order valence-corrected chi connectivity index (χ4v) is 1.11. The van der Waals surface area contributed by atoms with Crippen molar-refractivity contribution >= 4 is 0 Å².